The lowest BCUT2D eigenvalue weighted by Crippen LogP contribution is -2.16. The average Bonchev–Trinajstić information content (AvgIpc) is 2.51. The quantitative estimate of drug-likeness (QED) is 0.736. The Labute approximate surface area is 144 Å². The Morgan fingerprint density at radius 2 is 1.87 bits per heavy atom. The van der Waals surface area contributed by atoms with Gasteiger partial charge in [-0.3, -0.25) is 9.59 Å². The van der Waals surface area contributed by atoms with E-state index in [9.17, 15) is 9.59 Å². The number of anilines is 2. The molecule has 0 saturated heterocycles. The number of Topliss-reactive ketones (excluding diaryl/α,β-unsaturated/α-hetero) is 1. The number of nitrogens with one attached hydrogen (secondary N) is 2. The Kier molecular flexibility index (Phi) is 5.93. The highest BCUT2D eigenvalue weighted by Gasteiger charge is 2.05. The first kappa shape index (κ1) is 17.2. The van der Waals surface area contributed by atoms with E-state index in [1.165, 1.54) is 12.5 Å². The normalized spacial score (nSPS) is 10.2. The molecule has 0 unspecified atom stereocenters. The van der Waals surface area contributed by atoms with Gasteiger partial charge in [-0.05, 0) is 43.7 Å². The summed E-state index contributed by atoms with van der Waals surface area (Å²) in [6.45, 7) is 4.06. The van der Waals surface area contributed by atoms with Crippen molar-refractivity contribution >= 4 is 39.0 Å². The van der Waals surface area contributed by atoms with Gasteiger partial charge in [0.1, 0.15) is 0 Å². The molecule has 0 aliphatic rings. The molecule has 0 aromatic heterocycles. The van der Waals surface area contributed by atoms with Crippen molar-refractivity contribution in [1.82, 2.24) is 0 Å². The van der Waals surface area contributed by atoms with Crippen LogP contribution in [-0.2, 0) is 4.79 Å². The first-order valence-electron chi connectivity index (χ1n) is 7.36. The molecule has 0 saturated carbocycles. The molecule has 2 N–H and O–H groups in total. The van der Waals surface area contributed by atoms with Gasteiger partial charge in [0.25, 0.3) is 0 Å². The van der Waals surface area contributed by atoms with Gasteiger partial charge < -0.3 is 10.6 Å². The van der Waals surface area contributed by atoms with Gasteiger partial charge in [-0.25, -0.2) is 0 Å². The zero-order valence-corrected chi connectivity index (χ0v) is 14.7. The smallest absolute Gasteiger partial charge is 0.226 e. The Morgan fingerprint density at radius 1 is 1.09 bits per heavy atom. The summed E-state index contributed by atoms with van der Waals surface area (Å²) in [5, 5.41) is 6.02. The molecule has 2 aromatic carbocycles. The van der Waals surface area contributed by atoms with Crippen molar-refractivity contribution in [3.63, 3.8) is 0 Å². The predicted octanol–water partition coefficient (Wildman–Crippen LogP) is 4.40. The lowest BCUT2D eigenvalue weighted by molar-refractivity contribution is -0.115. The highest BCUT2D eigenvalue weighted by atomic mass is 79.9. The van der Waals surface area contributed by atoms with Crippen LogP contribution < -0.4 is 10.6 Å². The molecule has 0 heterocycles. The molecule has 2 rings (SSSR count). The van der Waals surface area contributed by atoms with Crippen LogP contribution in [0.3, 0.4) is 0 Å². The molecule has 4 nitrogen and oxygen atoms in total. The number of halogens is 1. The molecule has 1 amide bonds. The van der Waals surface area contributed by atoms with Gasteiger partial charge in [-0.2, -0.15) is 0 Å². The molecule has 2 aromatic rings. The molecule has 5 heteroatoms. The second kappa shape index (κ2) is 7.92. The number of rotatable bonds is 6. The number of aryl methyl sites for hydroxylation is 1. The molecule has 0 aliphatic heterocycles. The van der Waals surface area contributed by atoms with Crippen molar-refractivity contribution in [2.24, 2.45) is 0 Å². The number of hydrogen-bond acceptors (Lipinski definition) is 3. The van der Waals surface area contributed by atoms with Gasteiger partial charge in [0.05, 0.1) is 0 Å². The Bertz CT molecular complexity index is 729. The molecular formula is C18H19BrN2O2. The minimum absolute atomic E-state index is 0.0206. The third kappa shape index (κ3) is 5.21. The van der Waals surface area contributed by atoms with E-state index in [1.807, 2.05) is 25.1 Å². The van der Waals surface area contributed by atoms with Crippen molar-refractivity contribution in [3.8, 4) is 0 Å². The van der Waals surface area contributed by atoms with Gasteiger partial charge in [0.2, 0.25) is 5.91 Å². The van der Waals surface area contributed by atoms with Gasteiger partial charge in [-0.15, -0.1) is 0 Å². The summed E-state index contributed by atoms with van der Waals surface area (Å²) in [4.78, 5) is 23.3. The van der Waals surface area contributed by atoms with E-state index in [0.717, 1.165) is 10.2 Å². The fourth-order valence-electron chi connectivity index (χ4n) is 2.06. The molecular weight excluding hydrogens is 356 g/mol. The fourth-order valence-corrected chi connectivity index (χ4v) is 2.44. The summed E-state index contributed by atoms with van der Waals surface area (Å²) >= 11 is 3.48. The summed E-state index contributed by atoms with van der Waals surface area (Å²) in [5.74, 6) is -0.114. The molecule has 23 heavy (non-hydrogen) atoms. The molecule has 120 valence electrons. The van der Waals surface area contributed by atoms with Crippen LogP contribution in [0.25, 0.3) is 0 Å². The number of ketones is 1. The molecule has 0 spiro atoms. The Balaban J connectivity index is 1.84. The van der Waals surface area contributed by atoms with E-state index < -0.39 is 0 Å². The maximum absolute atomic E-state index is 12.0. The lowest BCUT2D eigenvalue weighted by atomic mass is 10.1. The van der Waals surface area contributed by atoms with Crippen molar-refractivity contribution in [3.05, 3.63) is 58.1 Å². The number of benzene rings is 2. The van der Waals surface area contributed by atoms with Crippen molar-refractivity contribution in [2.75, 3.05) is 17.2 Å². The van der Waals surface area contributed by atoms with Crippen LogP contribution in [0, 0.1) is 6.92 Å². The highest BCUT2D eigenvalue weighted by Crippen LogP contribution is 2.20. The topological polar surface area (TPSA) is 58.2 Å². The maximum Gasteiger partial charge on any atom is 0.226 e. The van der Waals surface area contributed by atoms with Crippen LogP contribution >= 0.6 is 15.9 Å². The minimum Gasteiger partial charge on any atom is -0.384 e. The van der Waals surface area contributed by atoms with E-state index in [4.69, 9.17) is 0 Å². The van der Waals surface area contributed by atoms with Crippen LogP contribution in [-0.4, -0.2) is 18.2 Å². The standard InChI is InChI=1S/C18H19BrN2O2/c1-12-6-7-15(11-17(12)19)20-9-8-18(23)21-16-5-3-4-14(10-16)13(2)22/h3-7,10-11,20H,8-9H2,1-2H3,(H,21,23). The van der Waals surface area contributed by atoms with Gasteiger partial charge in [-0.1, -0.05) is 34.1 Å². The van der Waals surface area contributed by atoms with Gasteiger partial charge >= 0.3 is 0 Å². The summed E-state index contributed by atoms with van der Waals surface area (Å²) in [6, 6.07) is 12.9. The van der Waals surface area contributed by atoms with E-state index in [2.05, 4.69) is 26.6 Å². The van der Waals surface area contributed by atoms with E-state index >= 15 is 0 Å². The Hall–Kier alpha value is -2.14. The van der Waals surface area contributed by atoms with Crippen LogP contribution in [0.4, 0.5) is 11.4 Å². The second-order valence-electron chi connectivity index (χ2n) is 5.33. The van der Waals surface area contributed by atoms with Gasteiger partial charge in [0, 0.05) is 34.4 Å². The summed E-state index contributed by atoms with van der Waals surface area (Å²) in [5.41, 5.74) is 3.36. The minimum atomic E-state index is -0.0932. The van der Waals surface area contributed by atoms with E-state index in [-0.39, 0.29) is 11.7 Å². The van der Waals surface area contributed by atoms with Crippen LogP contribution in [0.15, 0.2) is 46.9 Å². The number of carbonyl (C=O) groups excluding carboxylic acids is 2. The summed E-state index contributed by atoms with van der Waals surface area (Å²) in [6.07, 6.45) is 0.343. The van der Waals surface area contributed by atoms with E-state index in [1.54, 1.807) is 24.3 Å². The first-order chi connectivity index (χ1) is 11.0. The van der Waals surface area contributed by atoms with Crippen LogP contribution in [0.1, 0.15) is 29.3 Å². The SMILES string of the molecule is CC(=O)c1cccc(NC(=O)CCNc2ccc(C)c(Br)c2)c1. The van der Waals surface area contributed by atoms with E-state index in [0.29, 0.717) is 24.2 Å². The van der Waals surface area contributed by atoms with Crippen molar-refractivity contribution in [2.45, 2.75) is 20.3 Å². The molecule has 0 fully saturated rings. The Morgan fingerprint density at radius 3 is 2.57 bits per heavy atom. The van der Waals surface area contributed by atoms with Gasteiger partial charge in [0.15, 0.2) is 5.78 Å². The third-order valence-electron chi connectivity index (χ3n) is 3.41. The monoisotopic (exact) mass is 374 g/mol. The zero-order chi connectivity index (χ0) is 16.8. The summed E-state index contributed by atoms with van der Waals surface area (Å²) < 4.78 is 1.04. The molecule has 0 atom stereocenters. The molecule has 0 bridgehead atoms. The van der Waals surface area contributed by atoms with Crippen molar-refractivity contribution in [1.29, 1.82) is 0 Å². The van der Waals surface area contributed by atoms with Crippen LogP contribution in [0.5, 0.6) is 0 Å². The molecule has 0 aliphatic carbocycles. The fraction of sp³-hybridized carbons (Fsp3) is 0.222. The number of amides is 1. The number of hydrogen-bond donors (Lipinski definition) is 2. The molecule has 0 radical (unpaired) electrons. The number of carbonyl (C=O) groups is 2. The first-order valence-corrected chi connectivity index (χ1v) is 8.16. The predicted molar refractivity (Wildman–Crippen MR) is 97.1 cm³/mol. The average molecular weight is 375 g/mol. The highest BCUT2D eigenvalue weighted by molar-refractivity contribution is 9.10. The second-order valence-corrected chi connectivity index (χ2v) is 6.18. The summed E-state index contributed by atoms with van der Waals surface area (Å²) in [7, 11) is 0. The van der Waals surface area contributed by atoms with Crippen LogP contribution in [0.2, 0.25) is 0 Å². The largest absolute Gasteiger partial charge is 0.384 e. The maximum atomic E-state index is 12.0. The third-order valence-corrected chi connectivity index (χ3v) is 4.26. The lowest BCUT2D eigenvalue weighted by Gasteiger charge is -2.09. The van der Waals surface area contributed by atoms with Crippen molar-refractivity contribution < 1.29 is 9.59 Å². The zero-order valence-electron chi connectivity index (χ0n) is 13.2.